The lowest BCUT2D eigenvalue weighted by Gasteiger charge is -2.44. The van der Waals surface area contributed by atoms with Gasteiger partial charge in [0.05, 0.1) is 23.8 Å². The monoisotopic (exact) mass is 1010 g/mol. The second-order valence-electron chi connectivity index (χ2n) is 18.4. The van der Waals surface area contributed by atoms with Crippen LogP contribution in [0.15, 0.2) is 117 Å². The Morgan fingerprint density at radius 2 is 1.50 bits per heavy atom. The van der Waals surface area contributed by atoms with E-state index in [-0.39, 0.29) is 5.56 Å². The molecule has 1 spiro atoms. The summed E-state index contributed by atoms with van der Waals surface area (Å²) in [5, 5.41) is 3.73. The quantitative estimate of drug-likeness (QED) is 0.104. The number of ether oxygens (including phenoxy) is 1. The molecule has 2 aliphatic heterocycles. The Balaban J connectivity index is 0.926. The molecular formula is C50H59ClF3N5O6S3. The number of morpholine rings is 1. The molecule has 3 fully saturated rings. The van der Waals surface area contributed by atoms with Crippen LogP contribution in [0.2, 0.25) is 5.02 Å². The van der Waals surface area contributed by atoms with Crippen molar-refractivity contribution in [3.05, 3.63) is 119 Å². The second-order valence-corrected chi connectivity index (χ2v) is 23.5. The Hall–Kier alpha value is -4.10. The average Bonchev–Trinajstić information content (AvgIpc) is 3.33. The number of sulfone groups is 1. The van der Waals surface area contributed by atoms with Crippen LogP contribution in [0.5, 0.6) is 0 Å². The summed E-state index contributed by atoms with van der Waals surface area (Å²) in [6.45, 7) is 7.13. The number of alkyl halides is 3. The highest BCUT2D eigenvalue weighted by Crippen LogP contribution is 2.51. The van der Waals surface area contributed by atoms with Crippen molar-refractivity contribution in [1.82, 2.24) is 14.5 Å². The number of nitrogens with one attached hydrogen (secondary N) is 2. The van der Waals surface area contributed by atoms with Crippen molar-refractivity contribution in [1.29, 1.82) is 0 Å². The number of carbonyl (C=O) groups is 1. The molecule has 11 nitrogen and oxygen atoms in total. The predicted molar refractivity (Wildman–Crippen MR) is 264 cm³/mol. The van der Waals surface area contributed by atoms with Crippen molar-refractivity contribution in [3.8, 4) is 0 Å². The van der Waals surface area contributed by atoms with Crippen LogP contribution in [0.4, 0.5) is 24.5 Å². The number of thioether (sulfide) groups is 1. The Kier molecular flexibility index (Phi) is 16.2. The molecule has 1 saturated carbocycles. The van der Waals surface area contributed by atoms with E-state index in [4.69, 9.17) is 16.3 Å². The molecule has 0 radical (unpaired) electrons. The van der Waals surface area contributed by atoms with Crippen molar-refractivity contribution >= 4 is 66.1 Å². The maximum Gasteiger partial charge on any atom is 0.501 e. The number of benzene rings is 4. The molecule has 2 saturated heterocycles. The average molecular weight is 1010 g/mol. The zero-order chi connectivity index (χ0) is 47.9. The van der Waals surface area contributed by atoms with Crippen LogP contribution in [0.3, 0.4) is 0 Å². The van der Waals surface area contributed by atoms with Crippen LogP contribution < -0.4 is 14.9 Å². The van der Waals surface area contributed by atoms with Gasteiger partial charge in [-0.1, -0.05) is 66.8 Å². The largest absolute Gasteiger partial charge is 0.501 e. The number of hydrogen-bond acceptors (Lipinski definition) is 11. The van der Waals surface area contributed by atoms with Gasteiger partial charge in [0.15, 0.2) is 0 Å². The van der Waals surface area contributed by atoms with Crippen molar-refractivity contribution in [2.75, 3.05) is 81.5 Å². The lowest BCUT2D eigenvalue weighted by atomic mass is 9.63. The van der Waals surface area contributed by atoms with E-state index in [9.17, 15) is 34.8 Å². The molecule has 1 atom stereocenters. The molecule has 4 aromatic carbocycles. The van der Waals surface area contributed by atoms with Gasteiger partial charge in [-0.15, -0.1) is 11.8 Å². The fourth-order valence-electron chi connectivity index (χ4n) is 10.0. The minimum Gasteiger partial charge on any atom is -0.380 e. The lowest BCUT2D eigenvalue weighted by Crippen LogP contribution is -2.47. The van der Waals surface area contributed by atoms with Gasteiger partial charge in [-0.2, -0.15) is 13.2 Å². The van der Waals surface area contributed by atoms with E-state index < -0.39 is 52.8 Å². The summed E-state index contributed by atoms with van der Waals surface area (Å²) in [7, 11) is -10.9. The molecule has 0 unspecified atom stereocenters. The zero-order valence-electron chi connectivity index (χ0n) is 38.0. The maximum atomic E-state index is 14.2. The van der Waals surface area contributed by atoms with E-state index in [1.165, 1.54) is 79.1 Å². The number of anilines is 2. The standard InChI is InChI=1S/C50H59ClF3N5O6S3/c51-40-13-9-37(10-14-40)45-19-23-49(21-5-2-6-22-49)34-39(45)35-58-25-27-59(28-26-58)42-15-11-38(12-16-42)48(60)56-68(63,64)44-17-18-46(47(33-44)67(61,62)50(52,53)54)55-41(20-24-57-29-31-65-32-30-57)36-66-43-7-3-1-4-8-43/h1,3-4,7-18,33,41,55H,2,5-6,19-32,34-36H2,(H,56,60)/t41-/m1/s1. The molecule has 8 rings (SSSR count). The number of allylic oxidation sites excluding steroid dienone is 1. The molecule has 0 aromatic heterocycles. The molecule has 2 N–H and O–H groups in total. The smallest absolute Gasteiger partial charge is 0.380 e. The first-order valence-corrected chi connectivity index (χ1v) is 27.7. The summed E-state index contributed by atoms with van der Waals surface area (Å²) in [6.07, 6.45) is 10.4. The van der Waals surface area contributed by atoms with E-state index in [0.29, 0.717) is 56.5 Å². The molecule has 1 amide bonds. The Morgan fingerprint density at radius 3 is 2.18 bits per heavy atom. The van der Waals surface area contributed by atoms with Crippen LogP contribution in [-0.2, 0) is 24.6 Å². The molecule has 0 bridgehead atoms. The second kappa shape index (κ2) is 21.9. The molecule has 68 heavy (non-hydrogen) atoms. The minimum atomic E-state index is -6.05. The first kappa shape index (κ1) is 50.3. The number of carbonyl (C=O) groups excluding carboxylic acids is 1. The zero-order valence-corrected chi connectivity index (χ0v) is 41.2. The molecule has 18 heteroatoms. The van der Waals surface area contributed by atoms with E-state index in [1.807, 2.05) is 47.2 Å². The third kappa shape index (κ3) is 12.4. The van der Waals surface area contributed by atoms with Gasteiger partial charge in [0.1, 0.15) is 4.90 Å². The Morgan fingerprint density at radius 1 is 0.809 bits per heavy atom. The van der Waals surface area contributed by atoms with Crippen LogP contribution in [0, 0.1) is 5.41 Å². The van der Waals surface area contributed by atoms with E-state index >= 15 is 0 Å². The topological polar surface area (TPSA) is 128 Å². The lowest BCUT2D eigenvalue weighted by molar-refractivity contribution is -0.0435. The van der Waals surface area contributed by atoms with E-state index in [2.05, 4.69) is 32.1 Å². The molecular weight excluding hydrogens is 955 g/mol. The van der Waals surface area contributed by atoms with Gasteiger partial charge in [-0.25, -0.2) is 21.6 Å². The maximum absolute atomic E-state index is 14.2. The molecule has 2 aliphatic carbocycles. The highest BCUT2D eigenvalue weighted by atomic mass is 35.5. The first-order chi connectivity index (χ1) is 32.6. The van der Waals surface area contributed by atoms with Gasteiger partial charge in [0.25, 0.3) is 25.8 Å². The van der Waals surface area contributed by atoms with Gasteiger partial charge in [0, 0.05) is 85.3 Å². The fourth-order valence-corrected chi connectivity index (χ4v) is 13.2. The summed E-state index contributed by atoms with van der Waals surface area (Å²) in [5.74, 6) is -0.644. The van der Waals surface area contributed by atoms with E-state index in [1.54, 1.807) is 12.1 Å². The third-order valence-electron chi connectivity index (χ3n) is 13.8. The summed E-state index contributed by atoms with van der Waals surface area (Å²) in [4.78, 5) is 19.2. The Bertz CT molecular complexity index is 2620. The number of piperazine rings is 1. The van der Waals surface area contributed by atoms with Crippen molar-refractivity contribution in [2.24, 2.45) is 5.41 Å². The van der Waals surface area contributed by atoms with Gasteiger partial charge < -0.3 is 15.0 Å². The summed E-state index contributed by atoms with van der Waals surface area (Å²) in [5.41, 5.74) is -0.639. The normalized spacial score (nSPS) is 19.2. The third-order valence-corrected chi connectivity index (χ3v) is 18.1. The highest BCUT2D eigenvalue weighted by Gasteiger charge is 2.48. The van der Waals surface area contributed by atoms with Crippen LogP contribution in [0.25, 0.3) is 5.57 Å². The molecule has 2 heterocycles. The predicted octanol–water partition coefficient (Wildman–Crippen LogP) is 9.76. The number of nitrogens with zero attached hydrogens (tertiary/aromatic N) is 3. The van der Waals surface area contributed by atoms with Gasteiger partial charge in [-0.05, 0) is 122 Å². The minimum absolute atomic E-state index is 0.00650. The molecule has 366 valence electrons. The van der Waals surface area contributed by atoms with Crippen molar-refractivity contribution < 1.29 is 39.5 Å². The number of hydrogen-bond donors (Lipinski definition) is 2. The molecule has 4 aliphatic rings. The SMILES string of the molecule is O=C(NS(=O)(=O)c1ccc(N[C@H](CCN2CCOCC2)CSc2ccccc2)c(S(=O)(=O)C(F)(F)F)c1)c1ccc(N2CCN(CC3=C(c4ccc(Cl)cc4)CCC4(CCCCC4)C3)CC2)cc1. The summed E-state index contributed by atoms with van der Waals surface area (Å²) >= 11 is 7.71. The van der Waals surface area contributed by atoms with Crippen molar-refractivity contribution in [2.45, 2.75) is 84.0 Å². The van der Waals surface area contributed by atoms with Crippen molar-refractivity contribution in [3.63, 3.8) is 0 Å². The summed E-state index contributed by atoms with van der Waals surface area (Å²) < 4.78 is 103. The number of rotatable bonds is 16. The summed E-state index contributed by atoms with van der Waals surface area (Å²) in [6, 6.07) is 26.0. The fraction of sp³-hybridized carbons (Fsp3) is 0.460. The van der Waals surface area contributed by atoms with E-state index in [0.717, 1.165) is 73.3 Å². The number of sulfonamides is 1. The molecule has 4 aromatic rings. The number of halogens is 4. The Labute approximate surface area is 407 Å². The number of amides is 1. The van der Waals surface area contributed by atoms with Gasteiger partial charge >= 0.3 is 5.51 Å². The van der Waals surface area contributed by atoms with Gasteiger partial charge in [0.2, 0.25) is 0 Å². The van der Waals surface area contributed by atoms with Crippen LogP contribution >= 0.6 is 23.4 Å². The van der Waals surface area contributed by atoms with Crippen LogP contribution in [-0.4, -0.2) is 115 Å². The van der Waals surface area contributed by atoms with Crippen LogP contribution in [0.1, 0.15) is 73.7 Å². The van der Waals surface area contributed by atoms with Gasteiger partial charge in [-0.3, -0.25) is 14.6 Å². The highest BCUT2D eigenvalue weighted by molar-refractivity contribution is 7.99. The first-order valence-electron chi connectivity index (χ1n) is 23.4.